The third kappa shape index (κ3) is 10.9. The van der Waals surface area contributed by atoms with Gasteiger partial charge in [0.05, 0.1) is 29.0 Å². The van der Waals surface area contributed by atoms with Crippen molar-refractivity contribution in [2.45, 2.75) is 68.6 Å². The number of hydrogen-bond acceptors (Lipinski definition) is 8. The number of halogens is 9. The van der Waals surface area contributed by atoms with Crippen LogP contribution in [0.3, 0.4) is 0 Å². The van der Waals surface area contributed by atoms with Crippen LogP contribution in [0.25, 0.3) is 0 Å². The molecule has 1 aliphatic rings. The number of carbonyl (C=O) groups is 5. The normalized spacial score (nSPS) is 18.6. The van der Waals surface area contributed by atoms with Crippen molar-refractivity contribution in [3.63, 3.8) is 0 Å². The molecule has 1 fully saturated rings. The van der Waals surface area contributed by atoms with Crippen LogP contribution in [0.15, 0.2) is 42.5 Å². The van der Waals surface area contributed by atoms with E-state index in [1.807, 2.05) is 10.6 Å². The number of benzene rings is 2. The molecule has 3 N–H and O–H groups in total. The lowest BCUT2D eigenvalue weighted by Gasteiger charge is -2.31. The number of ketones is 1. The Morgan fingerprint density at radius 1 is 0.945 bits per heavy atom. The van der Waals surface area contributed by atoms with Gasteiger partial charge in [-0.2, -0.15) is 30.7 Å². The smallest absolute Gasteiger partial charge is 0.405 e. The third-order valence-corrected chi connectivity index (χ3v) is 10.2. The van der Waals surface area contributed by atoms with E-state index >= 15 is 8.78 Å². The highest BCUT2D eigenvalue weighted by Crippen LogP contribution is 2.39. The number of amides is 4. The summed E-state index contributed by atoms with van der Waals surface area (Å²) in [5.74, 6) is -21.0. The van der Waals surface area contributed by atoms with Gasteiger partial charge < -0.3 is 30.1 Å². The maximum absolute atomic E-state index is 15.3. The Morgan fingerprint density at radius 3 is 2.07 bits per heavy atom. The Bertz CT molecular complexity index is 1800. The summed E-state index contributed by atoms with van der Waals surface area (Å²) in [7, 11) is 1.35. The number of alkyl halides is 7. The van der Waals surface area contributed by atoms with Gasteiger partial charge in [0, 0.05) is 11.6 Å². The van der Waals surface area contributed by atoms with E-state index < -0.39 is 124 Å². The molecule has 1 aliphatic heterocycles. The fraction of sp³-hybridized carbons (Fsp3) is 0.485. The zero-order valence-electron chi connectivity index (χ0n) is 29.2. The van der Waals surface area contributed by atoms with E-state index in [1.165, 1.54) is 37.4 Å². The van der Waals surface area contributed by atoms with Gasteiger partial charge in [0.25, 0.3) is 11.8 Å². The van der Waals surface area contributed by atoms with Crippen LogP contribution in [0.2, 0.25) is 10.0 Å². The minimum atomic E-state index is -5.11. The summed E-state index contributed by atoms with van der Waals surface area (Å²) in [5, 5.41) is 2.52. The number of Topliss-reactive ketones (excluding diaryl/α,β-unsaturated/α-hetero) is 1. The molecule has 0 saturated carbocycles. The molecule has 2 unspecified atom stereocenters. The number of rotatable bonds is 15. The van der Waals surface area contributed by atoms with Gasteiger partial charge >= 0.3 is 18.0 Å². The second-order valence-corrected chi connectivity index (χ2v) is 14.7. The Labute approximate surface area is 322 Å². The van der Waals surface area contributed by atoms with Crippen molar-refractivity contribution in [2.75, 3.05) is 20.2 Å². The number of methoxy groups -OCH3 is 1. The van der Waals surface area contributed by atoms with Gasteiger partial charge in [0.15, 0.2) is 0 Å². The first-order valence-corrected chi connectivity index (χ1v) is 18.0. The van der Waals surface area contributed by atoms with Crippen molar-refractivity contribution in [1.29, 1.82) is 0 Å². The molecule has 1 saturated heterocycles. The van der Waals surface area contributed by atoms with Crippen molar-refractivity contribution < 1.29 is 68.2 Å². The molecule has 0 radical (unpaired) electrons. The average Bonchev–Trinajstić information content (AvgIpc) is 3.54. The van der Waals surface area contributed by atoms with E-state index in [4.69, 9.17) is 27.9 Å². The third-order valence-electron chi connectivity index (χ3n) is 8.56. The van der Waals surface area contributed by atoms with Gasteiger partial charge in [0.2, 0.25) is 17.6 Å². The van der Waals surface area contributed by atoms with Crippen molar-refractivity contribution in [3.05, 3.63) is 63.6 Å². The van der Waals surface area contributed by atoms with Crippen LogP contribution in [0.5, 0.6) is 5.75 Å². The van der Waals surface area contributed by atoms with Crippen LogP contribution >= 0.6 is 23.2 Å². The standard InChI is InChI=1S/C33H35Cl2F7N4O8S/c1-15(2)24(26(47)33(41,42)29(50)43-14-31(36,37)38)45-27(48)23-11-18(25(55(52)53)17-5-8-20(54-4)9-6-17)13-46(23)28(49)16(3)44-30(51)32(39,40)21-12-19(34)7-10-22(21)35/h5-10,12,15-16,18,23-25H,11,13-14H2,1-4H3,(H,43,50)(H,44,51)(H,45,48)(H,52,53)/p-1/t16-,18+,23-,24-,25?/m0/s1. The zero-order chi connectivity index (χ0) is 41.8. The van der Waals surface area contributed by atoms with Gasteiger partial charge in [-0.3, -0.25) is 28.2 Å². The minimum absolute atomic E-state index is 0.159. The lowest BCUT2D eigenvalue weighted by Crippen LogP contribution is -2.60. The van der Waals surface area contributed by atoms with Crippen LogP contribution in [0.4, 0.5) is 30.7 Å². The number of ether oxygens (including phenoxy) is 1. The lowest BCUT2D eigenvalue weighted by atomic mass is 9.93. The van der Waals surface area contributed by atoms with E-state index in [-0.39, 0.29) is 10.6 Å². The molecular weight excluding hydrogens is 816 g/mol. The molecule has 0 aliphatic carbocycles. The fourth-order valence-corrected chi connectivity index (χ4v) is 7.05. The molecule has 22 heteroatoms. The number of nitrogens with one attached hydrogen (secondary N) is 3. The van der Waals surface area contributed by atoms with Crippen LogP contribution in [0.1, 0.15) is 43.6 Å². The molecule has 2 aromatic rings. The Morgan fingerprint density at radius 2 is 1.55 bits per heavy atom. The van der Waals surface area contributed by atoms with E-state index in [0.717, 1.165) is 38.2 Å². The van der Waals surface area contributed by atoms with Crippen LogP contribution in [-0.4, -0.2) is 93.5 Å². The highest BCUT2D eigenvalue weighted by Gasteiger charge is 2.53. The first-order valence-electron chi connectivity index (χ1n) is 16.1. The maximum atomic E-state index is 15.3. The van der Waals surface area contributed by atoms with Gasteiger partial charge in [0.1, 0.15) is 24.4 Å². The molecule has 1 heterocycles. The topological polar surface area (TPSA) is 174 Å². The summed E-state index contributed by atoms with van der Waals surface area (Å²) in [6, 6.07) is 2.60. The summed E-state index contributed by atoms with van der Waals surface area (Å²) in [6.45, 7) is 0.478. The molecule has 0 aromatic heterocycles. The lowest BCUT2D eigenvalue weighted by molar-refractivity contribution is -0.165. The highest BCUT2D eigenvalue weighted by molar-refractivity contribution is 7.79. The highest BCUT2D eigenvalue weighted by atomic mass is 35.5. The van der Waals surface area contributed by atoms with Gasteiger partial charge in [-0.05, 0) is 72.2 Å². The van der Waals surface area contributed by atoms with Crippen molar-refractivity contribution >= 4 is 63.7 Å². The SMILES string of the molecule is COc1ccc(C([C@@H]2C[C@@H](C(=O)N[C@H](C(=O)C(F)(F)C(=O)NCC(F)(F)F)C(C)C)N(C(=O)[C@H](C)NC(=O)C(F)(F)c3cc(Cl)ccc3Cl)C2)S(=O)[O-])cc1. The first kappa shape index (κ1) is 45.4. The molecule has 12 nitrogen and oxygen atoms in total. The molecule has 3 rings (SSSR count). The summed E-state index contributed by atoms with van der Waals surface area (Å²) < 4.78 is 128. The average molecular weight is 851 g/mol. The molecule has 304 valence electrons. The molecule has 55 heavy (non-hydrogen) atoms. The summed E-state index contributed by atoms with van der Waals surface area (Å²) in [6.07, 6.45) is -5.64. The van der Waals surface area contributed by atoms with E-state index in [0.29, 0.717) is 10.6 Å². The number of likely N-dealkylation sites (tertiary alicyclic amines) is 1. The molecule has 2 aromatic carbocycles. The molecular formula is C33H34Cl2F7N4O8S-. The van der Waals surface area contributed by atoms with Crippen LogP contribution < -0.4 is 20.7 Å². The van der Waals surface area contributed by atoms with Crippen LogP contribution in [-0.2, 0) is 41.0 Å². The predicted molar refractivity (Wildman–Crippen MR) is 182 cm³/mol. The summed E-state index contributed by atoms with van der Waals surface area (Å²) in [4.78, 5) is 66.0. The number of carbonyl (C=O) groups excluding carboxylic acids is 5. The molecule has 4 amide bonds. The van der Waals surface area contributed by atoms with Gasteiger partial charge in [-0.1, -0.05) is 49.2 Å². The largest absolute Gasteiger partial charge is 0.772 e. The van der Waals surface area contributed by atoms with E-state index in [9.17, 15) is 54.7 Å². The van der Waals surface area contributed by atoms with Crippen molar-refractivity contribution in [3.8, 4) is 5.75 Å². The Balaban J connectivity index is 1.98. The second kappa shape index (κ2) is 17.8. The maximum Gasteiger partial charge on any atom is 0.405 e. The second-order valence-electron chi connectivity index (χ2n) is 12.8. The van der Waals surface area contributed by atoms with E-state index in [2.05, 4.69) is 0 Å². The van der Waals surface area contributed by atoms with Crippen molar-refractivity contribution in [1.82, 2.24) is 20.9 Å². The monoisotopic (exact) mass is 849 g/mol. The molecule has 0 bridgehead atoms. The number of nitrogens with zero attached hydrogens (tertiary/aromatic N) is 1. The Hall–Kier alpha value is -4.01. The summed E-state index contributed by atoms with van der Waals surface area (Å²) >= 11 is 8.69. The van der Waals surface area contributed by atoms with Gasteiger partial charge in [-0.25, -0.2) is 0 Å². The van der Waals surface area contributed by atoms with Crippen LogP contribution in [0, 0.1) is 11.8 Å². The van der Waals surface area contributed by atoms with E-state index in [1.54, 1.807) is 0 Å². The van der Waals surface area contributed by atoms with Gasteiger partial charge in [-0.15, -0.1) is 0 Å². The quantitative estimate of drug-likeness (QED) is 0.134. The molecule has 6 atom stereocenters. The first-order chi connectivity index (χ1) is 25.3. The zero-order valence-corrected chi connectivity index (χ0v) is 31.5. The fourth-order valence-electron chi connectivity index (χ4n) is 5.76. The Kier molecular flexibility index (Phi) is 14.7. The van der Waals surface area contributed by atoms with Crippen molar-refractivity contribution in [2.24, 2.45) is 11.8 Å². The number of hydrogen-bond donors (Lipinski definition) is 3. The predicted octanol–water partition coefficient (Wildman–Crippen LogP) is 4.46. The minimum Gasteiger partial charge on any atom is -0.772 e. The summed E-state index contributed by atoms with van der Waals surface area (Å²) in [5.41, 5.74) is -0.849. The molecule has 0 spiro atoms.